The van der Waals surface area contributed by atoms with Gasteiger partial charge in [0.2, 0.25) is 0 Å². The average molecular weight is 397 g/mol. The topological polar surface area (TPSA) is 49.8 Å². The number of carbonyl (C=O) groups is 1. The summed E-state index contributed by atoms with van der Waals surface area (Å²) in [7, 11) is 1.60. The molecule has 2 atom stereocenters. The van der Waals surface area contributed by atoms with Crippen molar-refractivity contribution in [3.05, 3.63) is 19.2 Å². The van der Waals surface area contributed by atoms with E-state index in [1.54, 1.807) is 7.05 Å². The molecule has 0 saturated carbocycles. The van der Waals surface area contributed by atoms with Gasteiger partial charge in [0, 0.05) is 11.9 Å². The normalized spacial score (nSPS) is 20.0. The highest BCUT2D eigenvalue weighted by molar-refractivity contribution is 9.11. The molecule has 0 saturated heterocycles. The summed E-state index contributed by atoms with van der Waals surface area (Å²) in [6.07, 6.45) is -0.475. The molecule has 2 heterocycles. The molecule has 0 spiro atoms. The van der Waals surface area contributed by atoms with Crippen molar-refractivity contribution < 1.29 is 14.6 Å². The van der Waals surface area contributed by atoms with Crippen LogP contribution in [0.15, 0.2) is 3.79 Å². The van der Waals surface area contributed by atoms with Gasteiger partial charge in [0.1, 0.15) is 6.10 Å². The quantitative estimate of drug-likeness (QED) is 0.781. The second-order valence-corrected chi connectivity index (χ2v) is 9.03. The average Bonchev–Trinajstić information content (AvgIpc) is 2.65. The first-order valence-electron chi connectivity index (χ1n) is 6.68. The Kier molecular flexibility index (Phi) is 4.93. The molecule has 7 heteroatoms. The number of hydrogen-bond donors (Lipinski definition) is 1. The molecule has 0 radical (unpaired) electrons. The van der Waals surface area contributed by atoms with Crippen LogP contribution in [0.5, 0.6) is 0 Å². The Morgan fingerprint density at radius 3 is 2.71 bits per heavy atom. The zero-order valence-corrected chi connectivity index (χ0v) is 15.6. The summed E-state index contributed by atoms with van der Waals surface area (Å²) < 4.78 is 6.84. The Labute approximate surface area is 142 Å². The standard InChI is InChI=1S/C14H19BrClNO3S/c1-14(2,3)11(17(4)13(18)19)9-10-7(5-6-20-9)8(16)12(15)21-10/h9,11H,5-6H2,1-4H3,(H,18,19). The van der Waals surface area contributed by atoms with Gasteiger partial charge < -0.3 is 14.7 Å². The van der Waals surface area contributed by atoms with Crippen molar-refractivity contribution in [2.75, 3.05) is 13.7 Å². The lowest BCUT2D eigenvalue weighted by Crippen LogP contribution is -2.49. The lowest BCUT2D eigenvalue weighted by molar-refractivity contribution is -0.0466. The molecule has 2 unspecified atom stereocenters. The predicted octanol–water partition coefficient (Wildman–Crippen LogP) is 4.80. The SMILES string of the molecule is CN(C(=O)O)C(C1OCCc2c1sc(Br)c2Cl)C(C)(C)C. The number of halogens is 2. The number of fused-ring (bicyclic) bond motifs is 1. The highest BCUT2D eigenvalue weighted by Crippen LogP contribution is 2.47. The van der Waals surface area contributed by atoms with E-state index >= 15 is 0 Å². The molecular weight excluding hydrogens is 378 g/mol. The predicted molar refractivity (Wildman–Crippen MR) is 88.5 cm³/mol. The van der Waals surface area contributed by atoms with Crippen LogP contribution in [0.2, 0.25) is 5.02 Å². The fraction of sp³-hybridized carbons (Fsp3) is 0.643. The first-order valence-corrected chi connectivity index (χ1v) is 8.67. The number of thiophene rings is 1. The zero-order chi connectivity index (χ0) is 15.9. The summed E-state index contributed by atoms with van der Waals surface area (Å²) in [5.41, 5.74) is 0.827. The maximum Gasteiger partial charge on any atom is 0.407 e. The summed E-state index contributed by atoms with van der Waals surface area (Å²) in [4.78, 5) is 13.8. The molecule has 2 rings (SSSR count). The van der Waals surface area contributed by atoms with Gasteiger partial charge in [-0.3, -0.25) is 0 Å². The minimum absolute atomic E-state index is 0.255. The van der Waals surface area contributed by atoms with Crippen molar-refractivity contribution in [3.8, 4) is 0 Å². The van der Waals surface area contributed by atoms with E-state index in [-0.39, 0.29) is 17.6 Å². The lowest BCUT2D eigenvalue weighted by Gasteiger charge is -2.42. The number of carboxylic acid groups (broad SMARTS) is 1. The summed E-state index contributed by atoms with van der Waals surface area (Å²) in [6.45, 7) is 6.64. The third kappa shape index (κ3) is 3.23. The maximum atomic E-state index is 11.5. The molecule has 21 heavy (non-hydrogen) atoms. The van der Waals surface area contributed by atoms with Crippen molar-refractivity contribution in [2.45, 2.75) is 39.3 Å². The van der Waals surface area contributed by atoms with E-state index < -0.39 is 6.09 Å². The highest BCUT2D eigenvalue weighted by Gasteiger charge is 2.42. The van der Waals surface area contributed by atoms with Crippen molar-refractivity contribution in [2.24, 2.45) is 5.41 Å². The van der Waals surface area contributed by atoms with Crippen molar-refractivity contribution >= 4 is 45.0 Å². The van der Waals surface area contributed by atoms with Gasteiger partial charge in [-0.05, 0) is 33.3 Å². The van der Waals surface area contributed by atoms with E-state index in [2.05, 4.69) is 15.9 Å². The van der Waals surface area contributed by atoms with Crippen molar-refractivity contribution in [3.63, 3.8) is 0 Å². The number of nitrogens with zero attached hydrogens (tertiary/aromatic N) is 1. The number of likely N-dealkylation sites (N-methyl/N-ethyl adjacent to an activating group) is 1. The fourth-order valence-electron chi connectivity index (χ4n) is 2.85. The van der Waals surface area contributed by atoms with Crippen LogP contribution in [0.3, 0.4) is 0 Å². The minimum atomic E-state index is -0.952. The zero-order valence-electron chi connectivity index (χ0n) is 12.4. The van der Waals surface area contributed by atoms with Crippen LogP contribution >= 0.6 is 38.9 Å². The van der Waals surface area contributed by atoms with Crippen LogP contribution in [-0.4, -0.2) is 35.8 Å². The Morgan fingerprint density at radius 2 is 2.19 bits per heavy atom. The largest absolute Gasteiger partial charge is 0.465 e. The second-order valence-electron chi connectivity index (χ2n) is 6.28. The van der Waals surface area contributed by atoms with Crippen LogP contribution in [0, 0.1) is 5.41 Å². The molecule has 1 aliphatic heterocycles. The van der Waals surface area contributed by atoms with E-state index in [4.69, 9.17) is 16.3 Å². The number of amides is 1. The Morgan fingerprint density at radius 1 is 1.57 bits per heavy atom. The maximum absolute atomic E-state index is 11.5. The van der Waals surface area contributed by atoms with Gasteiger partial charge in [0.15, 0.2) is 0 Å². The van der Waals surface area contributed by atoms with Crippen LogP contribution in [0.4, 0.5) is 4.79 Å². The van der Waals surface area contributed by atoms with Crippen LogP contribution in [0.1, 0.15) is 37.3 Å². The number of ether oxygens (including phenoxy) is 1. The Bertz CT molecular complexity index is 555. The molecule has 0 bridgehead atoms. The fourth-order valence-corrected chi connectivity index (χ4v) is 5.02. The molecule has 0 fully saturated rings. The van der Waals surface area contributed by atoms with Gasteiger partial charge in [-0.2, -0.15) is 0 Å². The smallest absolute Gasteiger partial charge is 0.407 e. The minimum Gasteiger partial charge on any atom is -0.465 e. The van der Waals surface area contributed by atoms with Crippen molar-refractivity contribution in [1.82, 2.24) is 4.90 Å². The van der Waals surface area contributed by atoms with Crippen LogP contribution < -0.4 is 0 Å². The summed E-state index contributed by atoms with van der Waals surface area (Å²) >= 11 is 11.3. The summed E-state index contributed by atoms with van der Waals surface area (Å²) in [5, 5.41) is 10.1. The number of hydrogen-bond acceptors (Lipinski definition) is 3. The molecule has 118 valence electrons. The van der Waals surface area contributed by atoms with E-state index in [9.17, 15) is 9.90 Å². The van der Waals surface area contributed by atoms with Gasteiger partial charge in [0.25, 0.3) is 0 Å². The third-order valence-corrected chi connectivity index (χ3v) is 6.46. The van der Waals surface area contributed by atoms with Gasteiger partial charge >= 0.3 is 6.09 Å². The molecule has 0 aliphatic carbocycles. The molecule has 0 aromatic carbocycles. The van der Waals surface area contributed by atoms with Crippen molar-refractivity contribution in [1.29, 1.82) is 0 Å². The molecule has 1 aromatic rings. The Hall–Kier alpha value is -0.300. The molecule has 1 aliphatic rings. The van der Waals surface area contributed by atoms with E-state index in [1.807, 2.05) is 20.8 Å². The first kappa shape index (κ1) is 17.1. The van der Waals surface area contributed by atoms with Crippen LogP contribution in [-0.2, 0) is 11.2 Å². The first-order chi connectivity index (χ1) is 9.64. The number of rotatable bonds is 2. The molecule has 1 N–H and O–H groups in total. The molecule has 1 aromatic heterocycles. The molecule has 4 nitrogen and oxygen atoms in total. The van der Waals surface area contributed by atoms with Gasteiger partial charge in [-0.1, -0.05) is 32.4 Å². The van der Waals surface area contributed by atoms with Gasteiger partial charge in [0.05, 0.1) is 21.5 Å². The van der Waals surface area contributed by atoms with Gasteiger partial charge in [-0.15, -0.1) is 11.3 Å². The summed E-state index contributed by atoms with van der Waals surface area (Å²) in [5.74, 6) is 0. The lowest BCUT2D eigenvalue weighted by atomic mass is 9.81. The van der Waals surface area contributed by atoms with Gasteiger partial charge in [-0.25, -0.2) is 4.79 Å². The molecular formula is C14H19BrClNO3S. The highest BCUT2D eigenvalue weighted by atomic mass is 79.9. The summed E-state index contributed by atoms with van der Waals surface area (Å²) in [6, 6.07) is -0.282. The third-order valence-electron chi connectivity index (χ3n) is 3.74. The van der Waals surface area contributed by atoms with E-state index in [0.29, 0.717) is 6.61 Å². The monoisotopic (exact) mass is 395 g/mol. The van der Waals surface area contributed by atoms with Crippen LogP contribution in [0.25, 0.3) is 0 Å². The van der Waals surface area contributed by atoms with E-state index in [1.165, 1.54) is 16.2 Å². The Balaban J connectivity index is 2.48. The van der Waals surface area contributed by atoms with E-state index in [0.717, 1.165) is 25.7 Å². The second kappa shape index (κ2) is 6.07. The molecule has 1 amide bonds.